The molecule has 0 aliphatic heterocycles. The third kappa shape index (κ3) is 2.33. The van der Waals surface area contributed by atoms with Crippen LogP contribution in [0.15, 0.2) is 24.3 Å². The molecular weight excluding hydrogens is 156 g/mol. The smallest absolute Gasteiger partial charge is 0.0131 e. The molecule has 1 saturated carbocycles. The van der Waals surface area contributed by atoms with Crippen LogP contribution in [0.3, 0.4) is 0 Å². The van der Waals surface area contributed by atoms with E-state index in [1.807, 2.05) is 6.07 Å². The van der Waals surface area contributed by atoms with Crippen molar-refractivity contribution in [3.8, 4) is 0 Å². The molecule has 2 rings (SSSR count). The normalized spacial score (nSPS) is 19.7. The summed E-state index contributed by atoms with van der Waals surface area (Å²) in [5.41, 5.74) is 1.45. The van der Waals surface area contributed by atoms with Crippen molar-refractivity contribution < 1.29 is 0 Å². The molecule has 1 fully saturated rings. The molecule has 1 atom stereocenters. The van der Waals surface area contributed by atoms with Crippen molar-refractivity contribution in [2.75, 3.05) is 0 Å². The molecule has 0 heteroatoms. The highest BCUT2D eigenvalue weighted by atomic mass is 14.2. The Morgan fingerprint density at radius 3 is 3.08 bits per heavy atom. The Balaban J connectivity index is 2.06. The highest BCUT2D eigenvalue weighted by Crippen LogP contribution is 2.30. The Bertz CT molecular complexity index is 229. The molecule has 0 amide bonds. The van der Waals surface area contributed by atoms with Gasteiger partial charge in [-0.25, -0.2) is 0 Å². The van der Waals surface area contributed by atoms with Crippen molar-refractivity contribution in [3.63, 3.8) is 0 Å². The summed E-state index contributed by atoms with van der Waals surface area (Å²) in [5, 5.41) is 0. The Kier molecular flexibility index (Phi) is 3.02. The summed E-state index contributed by atoms with van der Waals surface area (Å²) in [6.07, 6.45) is 9.28. The first-order valence-corrected chi connectivity index (χ1v) is 5.26. The lowest BCUT2D eigenvalue weighted by molar-refractivity contribution is 0.660. The Morgan fingerprint density at radius 1 is 1.23 bits per heavy atom. The Labute approximate surface area is 81.0 Å². The van der Waals surface area contributed by atoms with Crippen LogP contribution >= 0.6 is 0 Å². The predicted octanol–water partition coefficient (Wildman–Crippen LogP) is 3.74. The average molecular weight is 172 g/mol. The molecule has 2 radical (unpaired) electrons. The van der Waals surface area contributed by atoms with Gasteiger partial charge in [-0.3, -0.25) is 0 Å². The fraction of sp³-hybridized carbons (Fsp3) is 0.462. The first kappa shape index (κ1) is 8.80. The fourth-order valence-electron chi connectivity index (χ4n) is 2.06. The van der Waals surface area contributed by atoms with Gasteiger partial charge in [0, 0.05) is 0 Å². The van der Waals surface area contributed by atoms with E-state index in [-0.39, 0.29) is 0 Å². The molecule has 68 valence electrons. The van der Waals surface area contributed by atoms with Gasteiger partial charge in [-0.2, -0.15) is 0 Å². The largest absolute Gasteiger partial charge is 0.0614 e. The van der Waals surface area contributed by atoms with Gasteiger partial charge in [0.15, 0.2) is 0 Å². The number of benzene rings is 1. The minimum atomic E-state index is 0.694. The molecule has 0 spiro atoms. The van der Waals surface area contributed by atoms with Gasteiger partial charge >= 0.3 is 0 Å². The van der Waals surface area contributed by atoms with E-state index < -0.39 is 0 Å². The van der Waals surface area contributed by atoms with Crippen molar-refractivity contribution in [1.29, 1.82) is 0 Å². The first-order valence-electron chi connectivity index (χ1n) is 5.26. The molecule has 1 aromatic rings. The van der Waals surface area contributed by atoms with E-state index in [1.165, 1.54) is 37.7 Å². The maximum atomic E-state index is 3.16. The van der Waals surface area contributed by atoms with Crippen molar-refractivity contribution in [1.82, 2.24) is 0 Å². The quantitative estimate of drug-likeness (QED) is 0.566. The van der Waals surface area contributed by atoms with Crippen LogP contribution in [0.5, 0.6) is 0 Å². The zero-order valence-electron chi connectivity index (χ0n) is 8.00. The highest BCUT2D eigenvalue weighted by Gasteiger charge is 2.13. The lowest BCUT2D eigenvalue weighted by Crippen LogP contribution is -1.96. The van der Waals surface area contributed by atoms with Crippen LogP contribution in [0, 0.1) is 12.5 Å². The van der Waals surface area contributed by atoms with E-state index in [1.54, 1.807) is 0 Å². The summed E-state index contributed by atoms with van der Waals surface area (Å²) in [5.74, 6) is 0.694. The average Bonchev–Trinajstić information content (AvgIpc) is 2.47. The van der Waals surface area contributed by atoms with E-state index >= 15 is 0 Å². The van der Waals surface area contributed by atoms with E-state index in [2.05, 4.69) is 30.7 Å². The number of hydrogen-bond donors (Lipinski definition) is 0. The molecule has 0 N–H and O–H groups in total. The van der Waals surface area contributed by atoms with E-state index in [4.69, 9.17) is 0 Å². The van der Waals surface area contributed by atoms with Crippen LogP contribution < -0.4 is 0 Å². The summed E-state index contributed by atoms with van der Waals surface area (Å²) in [6.45, 7) is 0. The van der Waals surface area contributed by atoms with E-state index in [0.717, 1.165) is 0 Å². The summed E-state index contributed by atoms with van der Waals surface area (Å²) in [7, 11) is 0. The minimum Gasteiger partial charge on any atom is -0.0614 e. The van der Waals surface area contributed by atoms with E-state index in [0.29, 0.717) is 5.92 Å². The molecule has 1 unspecified atom stereocenters. The lowest BCUT2D eigenvalue weighted by Gasteiger charge is -2.13. The first-order chi connectivity index (χ1) is 6.47. The summed E-state index contributed by atoms with van der Waals surface area (Å²) >= 11 is 0. The van der Waals surface area contributed by atoms with Gasteiger partial charge in [0.1, 0.15) is 0 Å². The van der Waals surface area contributed by atoms with Crippen LogP contribution in [-0.4, -0.2) is 0 Å². The molecule has 0 heterocycles. The summed E-state index contributed by atoms with van der Waals surface area (Å²) in [6, 6.07) is 11.6. The zero-order valence-corrected chi connectivity index (χ0v) is 8.00. The van der Waals surface area contributed by atoms with Gasteiger partial charge < -0.3 is 0 Å². The standard InChI is InChI=1S/C13H16/c1-2-5-9-12(8-4-1)13-10-6-3-7-11-13/h3,6,8,10-12H,1-2,4-5,9H2. The van der Waals surface area contributed by atoms with Crippen molar-refractivity contribution in [2.24, 2.45) is 0 Å². The topological polar surface area (TPSA) is 0 Å². The van der Waals surface area contributed by atoms with Gasteiger partial charge in [-0.1, -0.05) is 43.5 Å². The van der Waals surface area contributed by atoms with Gasteiger partial charge in [0.05, 0.1) is 0 Å². The van der Waals surface area contributed by atoms with Crippen molar-refractivity contribution >= 4 is 0 Å². The van der Waals surface area contributed by atoms with Crippen molar-refractivity contribution in [2.45, 2.75) is 38.0 Å². The van der Waals surface area contributed by atoms with Gasteiger partial charge in [-0.15, -0.1) is 0 Å². The lowest BCUT2D eigenvalue weighted by atomic mass is 9.92. The van der Waals surface area contributed by atoms with Gasteiger partial charge in [0.25, 0.3) is 0 Å². The highest BCUT2D eigenvalue weighted by molar-refractivity contribution is 5.21. The minimum absolute atomic E-state index is 0.694. The molecule has 1 aromatic carbocycles. The zero-order chi connectivity index (χ0) is 8.93. The van der Waals surface area contributed by atoms with Gasteiger partial charge in [-0.05, 0) is 36.8 Å². The molecule has 13 heavy (non-hydrogen) atoms. The van der Waals surface area contributed by atoms with Gasteiger partial charge in [0.2, 0.25) is 0 Å². The molecule has 0 bridgehead atoms. The summed E-state index contributed by atoms with van der Waals surface area (Å²) < 4.78 is 0. The van der Waals surface area contributed by atoms with Crippen LogP contribution in [0.25, 0.3) is 0 Å². The van der Waals surface area contributed by atoms with Crippen LogP contribution in [0.1, 0.15) is 43.6 Å². The van der Waals surface area contributed by atoms with E-state index in [9.17, 15) is 0 Å². The molecule has 1 aliphatic carbocycles. The van der Waals surface area contributed by atoms with Crippen LogP contribution in [-0.2, 0) is 0 Å². The van der Waals surface area contributed by atoms with Crippen molar-refractivity contribution in [3.05, 3.63) is 42.3 Å². The monoisotopic (exact) mass is 172 g/mol. The van der Waals surface area contributed by atoms with Crippen LogP contribution in [0.4, 0.5) is 0 Å². The number of rotatable bonds is 1. The third-order valence-electron chi connectivity index (χ3n) is 2.83. The fourth-order valence-corrected chi connectivity index (χ4v) is 2.06. The second-order valence-corrected chi connectivity index (χ2v) is 3.82. The molecule has 0 saturated heterocycles. The molecule has 0 nitrogen and oxygen atoms in total. The maximum absolute atomic E-state index is 3.16. The number of hydrogen-bond acceptors (Lipinski definition) is 0. The molecule has 1 aliphatic rings. The van der Waals surface area contributed by atoms with Crippen LogP contribution in [0.2, 0.25) is 0 Å². The Hall–Kier alpha value is -0.780. The predicted molar refractivity (Wildman–Crippen MR) is 55.4 cm³/mol. The molecule has 0 aromatic heterocycles. The third-order valence-corrected chi connectivity index (χ3v) is 2.83. The maximum Gasteiger partial charge on any atom is -0.0131 e. The Morgan fingerprint density at radius 2 is 2.23 bits per heavy atom. The second kappa shape index (κ2) is 4.45. The second-order valence-electron chi connectivity index (χ2n) is 3.82. The SMILES string of the molecule is [c]1cccc(C2[CH]CCCCC2)c1. The summed E-state index contributed by atoms with van der Waals surface area (Å²) in [4.78, 5) is 0. The molecular formula is C13H16.